The van der Waals surface area contributed by atoms with E-state index in [9.17, 15) is 4.79 Å². The van der Waals surface area contributed by atoms with Crippen LogP contribution in [-0.2, 0) is 4.74 Å². The number of aryl methyl sites for hydroxylation is 2. The third-order valence-electron chi connectivity index (χ3n) is 7.13. The van der Waals surface area contributed by atoms with Crippen LogP contribution >= 0.6 is 0 Å². The van der Waals surface area contributed by atoms with Crippen molar-refractivity contribution in [2.45, 2.75) is 39.8 Å². The highest BCUT2D eigenvalue weighted by Crippen LogP contribution is 2.38. The summed E-state index contributed by atoms with van der Waals surface area (Å²) in [4.78, 5) is 22.2. The Kier molecular flexibility index (Phi) is 6.93. The molecular formula is C34H30N4O3. The first kappa shape index (κ1) is 26.2. The summed E-state index contributed by atoms with van der Waals surface area (Å²) in [5, 5.41) is 4.16. The van der Waals surface area contributed by atoms with Crippen LogP contribution in [0.5, 0.6) is 0 Å². The molecule has 1 atom stereocenters. The number of hydrogen-bond acceptors (Lipinski definition) is 6. The predicted octanol–water partition coefficient (Wildman–Crippen LogP) is 7.57. The smallest absolute Gasteiger partial charge is 0.338 e. The van der Waals surface area contributed by atoms with Gasteiger partial charge in [-0.3, -0.25) is 9.97 Å². The van der Waals surface area contributed by atoms with Crippen molar-refractivity contribution in [2.75, 3.05) is 0 Å². The largest absolute Gasteiger partial charge is 0.459 e. The van der Waals surface area contributed by atoms with E-state index in [0.29, 0.717) is 5.56 Å². The van der Waals surface area contributed by atoms with Crippen LogP contribution in [0.25, 0.3) is 33.3 Å². The fraction of sp³-hybridized carbons (Fsp3) is 0.176. The predicted molar refractivity (Wildman–Crippen MR) is 159 cm³/mol. The van der Waals surface area contributed by atoms with Gasteiger partial charge in [0.25, 0.3) is 0 Å². The summed E-state index contributed by atoms with van der Waals surface area (Å²) in [6.45, 7) is 7.53. The van der Waals surface area contributed by atoms with Crippen molar-refractivity contribution in [3.63, 3.8) is 0 Å². The van der Waals surface area contributed by atoms with Crippen LogP contribution in [-0.4, -0.2) is 31.8 Å². The molecule has 204 valence electrons. The number of carbonyl (C=O) groups excluding carboxylic acids is 1. The highest BCUT2D eigenvalue weighted by Gasteiger charge is 2.24. The summed E-state index contributed by atoms with van der Waals surface area (Å²) in [6.07, 6.45) is 5.64. The fourth-order valence-corrected chi connectivity index (χ4v) is 5.30. The van der Waals surface area contributed by atoms with E-state index >= 15 is 0 Å². The van der Waals surface area contributed by atoms with E-state index in [0.717, 1.165) is 56.0 Å². The van der Waals surface area contributed by atoms with Crippen molar-refractivity contribution in [3.05, 3.63) is 126 Å². The zero-order chi connectivity index (χ0) is 28.5. The molecule has 4 heterocycles. The highest BCUT2D eigenvalue weighted by atomic mass is 16.5. The molecule has 7 heteroatoms. The minimum absolute atomic E-state index is 0.183. The van der Waals surface area contributed by atoms with Gasteiger partial charge in [-0.05, 0) is 69.2 Å². The molecule has 0 aliphatic heterocycles. The Bertz CT molecular complexity index is 1760. The van der Waals surface area contributed by atoms with Crippen molar-refractivity contribution < 1.29 is 14.1 Å². The van der Waals surface area contributed by atoms with Gasteiger partial charge in [-0.15, -0.1) is 0 Å². The van der Waals surface area contributed by atoms with Gasteiger partial charge in [-0.1, -0.05) is 53.7 Å². The molecule has 0 radical (unpaired) electrons. The lowest BCUT2D eigenvalue weighted by Crippen LogP contribution is -2.13. The monoisotopic (exact) mass is 542 g/mol. The van der Waals surface area contributed by atoms with Gasteiger partial charge in [0.1, 0.15) is 11.8 Å². The normalized spacial score (nSPS) is 12.1. The molecule has 4 aromatic heterocycles. The third kappa shape index (κ3) is 5.02. The van der Waals surface area contributed by atoms with Gasteiger partial charge in [0.15, 0.2) is 0 Å². The van der Waals surface area contributed by atoms with Crippen LogP contribution in [0.1, 0.15) is 53.0 Å². The van der Waals surface area contributed by atoms with Crippen LogP contribution < -0.4 is 0 Å². The first-order valence-electron chi connectivity index (χ1n) is 13.6. The van der Waals surface area contributed by atoms with Gasteiger partial charge < -0.3 is 13.8 Å². The Morgan fingerprint density at radius 1 is 0.902 bits per heavy atom. The Hall–Kier alpha value is -5.04. The molecule has 0 N–H and O–H groups in total. The first-order chi connectivity index (χ1) is 19.9. The van der Waals surface area contributed by atoms with E-state index in [1.54, 1.807) is 12.1 Å². The highest BCUT2D eigenvalue weighted by molar-refractivity contribution is 5.96. The number of aromatic nitrogens is 4. The maximum atomic E-state index is 12.5. The number of rotatable bonds is 7. The summed E-state index contributed by atoms with van der Waals surface area (Å²) in [5.74, 6) is 0.408. The van der Waals surface area contributed by atoms with Crippen molar-refractivity contribution in [3.8, 4) is 22.3 Å². The van der Waals surface area contributed by atoms with Gasteiger partial charge >= 0.3 is 5.97 Å². The number of fused-ring (bicyclic) bond motifs is 1. The molecule has 0 saturated carbocycles. The molecule has 0 unspecified atom stereocenters. The van der Waals surface area contributed by atoms with E-state index in [1.807, 2.05) is 88.6 Å². The number of pyridine rings is 2. The van der Waals surface area contributed by atoms with Gasteiger partial charge in [0, 0.05) is 35.3 Å². The Morgan fingerprint density at radius 2 is 1.66 bits per heavy atom. The maximum absolute atomic E-state index is 12.5. The first-order valence-corrected chi connectivity index (χ1v) is 13.6. The topological polar surface area (TPSA) is 83.0 Å². The molecule has 0 aliphatic carbocycles. The molecule has 41 heavy (non-hydrogen) atoms. The number of benzene rings is 2. The Morgan fingerprint density at radius 3 is 2.32 bits per heavy atom. The fourth-order valence-electron chi connectivity index (χ4n) is 5.30. The SMILES string of the molecule is Cc1noc(C)c1-c1cnc2c(-c3ccc(C(=O)OC(C)C)cc3)cn([C@@H](c3ccccc3)c3ccccn3)c2c1. The molecule has 6 aromatic rings. The molecule has 7 nitrogen and oxygen atoms in total. The molecule has 0 saturated heterocycles. The standard InChI is InChI=1S/C34H30N4O3/c1-21(2)40-34(39)26-15-13-24(14-16-26)28-20-38(33(25-10-6-5-7-11-25)29-12-8-9-17-35-29)30-18-27(19-36-32(28)30)31-22(3)37-41-23(31)4/h5-21,33H,1-4H3/t33-/m0/s1. The zero-order valence-corrected chi connectivity index (χ0v) is 23.4. The lowest BCUT2D eigenvalue weighted by atomic mass is 10.0. The second kappa shape index (κ2) is 10.8. The summed E-state index contributed by atoms with van der Waals surface area (Å²) in [7, 11) is 0. The van der Waals surface area contributed by atoms with E-state index in [-0.39, 0.29) is 18.1 Å². The van der Waals surface area contributed by atoms with Crippen LogP contribution in [0.2, 0.25) is 0 Å². The van der Waals surface area contributed by atoms with Gasteiger partial charge in [-0.25, -0.2) is 4.79 Å². The van der Waals surface area contributed by atoms with E-state index < -0.39 is 0 Å². The minimum Gasteiger partial charge on any atom is -0.459 e. The summed E-state index contributed by atoms with van der Waals surface area (Å²) >= 11 is 0. The Labute approximate surface area is 238 Å². The number of carbonyl (C=O) groups is 1. The molecule has 2 aromatic carbocycles. The summed E-state index contributed by atoms with van der Waals surface area (Å²) in [5.41, 5.74) is 8.89. The van der Waals surface area contributed by atoms with E-state index in [4.69, 9.17) is 19.2 Å². The summed E-state index contributed by atoms with van der Waals surface area (Å²) in [6, 6.07) is 25.7. The summed E-state index contributed by atoms with van der Waals surface area (Å²) < 4.78 is 13.1. The molecule has 6 rings (SSSR count). The van der Waals surface area contributed by atoms with Crippen molar-refractivity contribution in [2.24, 2.45) is 0 Å². The lowest BCUT2D eigenvalue weighted by molar-refractivity contribution is 0.0378. The van der Waals surface area contributed by atoms with Crippen LogP contribution in [0.3, 0.4) is 0 Å². The number of esters is 1. The van der Waals surface area contributed by atoms with Gasteiger partial charge in [0.05, 0.1) is 34.1 Å². The van der Waals surface area contributed by atoms with Crippen LogP contribution in [0.15, 0.2) is 102 Å². The lowest BCUT2D eigenvalue weighted by Gasteiger charge is -2.20. The van der Waals surface area contributed by atoms with Gasteiger partial charge in [0.2, 0.25) is 0 Å². The Balaban J connectivity index is 1.57. The van der Waals surface area contributed by atoms with Crippen LogP contribution in [0.4, 0.5) is 0 Å². The molecule has 0 fully saturated rings. The second-order valence-electron chi connectivity index (χ2n) is 10.3. The number of hydrogen-bond donors (Lipinski definition) is 0. The average Bonchev–Trinajstić information content (AvgIpc) is 3.52. The maximum Gasteiger partial charge on any atom is 0.338 e. The van der Waals surface area contributed by atoms with E-state index in [1.165, 1.54) is 0 Å². The zero-order valence-electron chi connectivity index (χ0n) is 23.4. The van der Waals surface area contributed by atoms with Gasteiger partial charge in [-0.2, -0.15) is 0 Å². The van der Waals surface area contributed by atoms with Crippen LogP contribution in [0, 0.1) is 13.8 Å². The molecule has 0 amide bonds. The third-order valence-corrected chi connectivity index (χ3v) is 7.13. The molecule has 0 spiro atoms. The number of nitrogens with zero attached hydrogens (tertiary/aromatic N) is 4. The average molecular weight is 543 g/mol. The molecular weight excluding hydrogens is 512 g/mol. The van der Waals surface area contributed by atoms with Crippen molar-refractivity contribution >= 4 is 17.0 Å². The second-order valence-corrected chi connectivity index (χ2v) is 10.3. The number of ether oxygens (including phenoxy) is 1. The molecule has 0 bridgehead atoms. The van der Waals surface area contributed by atoms with E-state index in [2.05, 4.69) is 34.1 Å². The van der Waals surface area contributed by atoms with Crippen molar-refractivity contribution in [1.29, 1.82) is 0 Å². The van der Waals surface area contributed by atoms with Crippen molar-refractivity contribution in [1.82, 2.24) is 19.7 Å². The quantitative estimate of drug-likeness (QED) is 0.194. The molecule has 0 aliphatic rings. The minimum atomic E-state index is -0.338.